The van der Waals surface area contributed by atoms with Crippen molar-refractivity contribution in [2.75, 3.05) is 19.6 Å². The molecule has 4 rings (SSSR count). The number of nitrogens with zero attached hydrogens (tertiary/aromatic N) is 1. The summed E-state index contributed by atoms with van der Waals surface area (Å²) >= 11 is 1.59. The number of carbonyl (C=O) groups is 2. The van der Waals surface area contributed by atoms with Gasteiger partial charge in [-0.05, 0) is 48.3 Å². The lowest BCUT2D eigenvalue weighted by atomic mass is 9.92. The van der Waals surface area contributed by atoms with Gasteiger partial charge in [-0.1, -0.05) is 31.2 Å². The number of nitrogens with one attached hydrogen (secondary N) is 3. The Kier molecular flexibility index (Phi) is 6.27. The fourth-order valence-corrected chi connectivity index (χ4v) is 5.59. The van der Waals surface area contributed by atoms with Gasteiger partial charge in [0.25, 0.3) is 0 Å². The van der Waals surface area contributed by atoms with Crippen molar-refractivity contribution >= 4 is 29.1 Å². The zero-order chi connectivity index (χ0) is 20.4. The van der Waals surface area contributed by atoms with Crippen molar-refractivity contribution in [2.24, 2.45) is 5.92 Å². The van der Waals surface area contributed by atoms with Crippen LogP contribution in [0.2, 0.25) is 0 Å². The van der Waals surface area contributed by atoms with Crippen LogP contribution in [0.4, 0.5) is 0 Å². The highest BCUT2D eigenvalue weighted by Crippen LogP contribution is 2.39. The van der Waals surface area contributed by atoms with Gasteiger partial charge in [0.2, 0.25) is 11.8 Å². The van der Waals surface area contributed by atoms with Crippen LogP contribution in [0.15, 0.2) is 29.7 Å². The maximum absolute atomic E-state index is 12.8. The summed E-state index contributed by atoms with van der Waals surface area (Å²) in [6.45, 7) is 6.44. The van der Waals surface area contributed by atoms with E-state index in [0.29, 0.717) is 6.54 Å². The first-order valence-electron chi connectivity index (χ1n) is 10.6. The van der Waals surface area contributed by atoms with E-state index in [4.69, 9.17) is 0 Å². The van der Waals surface area contributed by atoms with Gasteiger partial charge in [0, 0.05) is 19.6 Å². The molecule has 0 bridgehead atoms. The molecule has 2 saturated heterocycles. The minimum absolute atomic E-state index is 0.0175. The van der Waals surface area contributed by atoms with Crippen LogP contribution in [-0.2, 0) is 9.59 Å². The van der Waals surface area contributed by atoms with Gasteiger partial charge < -0.3 is 10.6 Å². The number of rotatable bonds is 5. The molecule has 4 atom stereocenters. The van der Waals surface area contributed by atoms with Crippen LogP contribution in [-0.4, -0.2) is 53.9 Å². The second-order valence-electron chi connectivity index (χ2n) is 8.13. The summed E-state index contributed by atoms with van der Waals surface area (Å²) in [5.41, 5.74) is 3.60. The second kappa shape index (κ2) is 8.90. The minimum atomic E-state index is -0.239. The predicted octanol–water partition coefficient (Wildman–Crippen LogP) is 2.06. The highest BCUT2D eigenvalue weighted by molar-refractivity contribution is 8.04. The van der Waals surface area contributed by atoms with Crippen molar-refractivity contribution in [2.45, 2.75) is 50.7 Å². The molecule has 3 aliphatic rings. The van der Waals surface area contributed by atoms with Gasteiger partial charge in [-0.2, -0.15) is 0 Å². The number of likely N-dealkylation sites (tertiary alicyclic amines) is 1. The number of fused-ring (bicyclic) bond motifs is 1. The summed E-state index contributed by atoms with van der Waals surface area (Å²) in [5, 5.41) is 11.8. The highest BCUT2D eigenvalue weighted by atomic mass is 32.2. The summed E-state index contributed by atoms with van der Waals surface area (Å²) in [7, 11) is 0. The van der Waals surface area contributed by atoms with Crippen LogP contribution in [0.1, 0.15) is 37.3 Å². The average Bonchev–Trinajstić information content (AvgIpc) is 3.17. The third-order valence-corrected chi connectivity index (χ3v) is 7.22. The smallest absolute Gasteiger partial charge is 0.237 e. The van der Waals surface area contributed by atoms with E-state index in [1.807, 2.05) is 12.1 Å². The molecule has 0 aromatic heterocycles. The van der Waals surface area contributed by atoms with Crippen LogP contribution >= 0.6 is 11.8 Å². The van der Waals surface area contributed by atoms with E-state index in [9.17, 15) is 9.59 Å². The molecule has 4 unspecified atom stereocenters. The third kappa shape index (κ3) is 4.22. The number of piperidine rings is 1. The third-order valence-electron chi connectivity index (χ3n) is 6.05. The first-order valence-corrected chi connectivity index (χ1v) is 11.5. The van der Waals surface area contributed by atoms with Crippen LogP contribution in [0.3, 0.4) is 0 Å². The van der Waals surface area contributed by atoms with Crippen molar-refractivity contribution in [3.05, 3.63) is 40.8 Å². The fourth-order valence-electron chi connectivity index (χ4n) is 4.45. The van der Waals surface area contributed by atoms with Crippen molar-refractivity contribution in [3.63, 3.8) is 0 Å². The standard InChI is InChI=1S/C22H30N4O2S/c1-3-10-23-20(27)15-8-6-11-26(12-15)22-24-18-17(13-29-19(18)21(28)25-22)16-9-5-4-7-14(16)2/h4-5,7,9,13,15,18-19,22,24H,3,6,8,10-12H2,1-2H3,(H,23,27)(H,25,28). The lowest BCUT2D eigenvalue weighted by Gasteiger charge is -2.43. The Bertz CT molecular complexity index is 812. The molecule has 1 aromatic carbocycles. The number of amides is 2. The van der Waals surface area contributed by atoms with E-state index in [-0.39, 0.29) is 35.3 Å². The summed E-state index contributed by atoms with van der Waals surface area (Å²) in [6.07, 6.45) is 2.57. The lowest BCUT2D eigenvalue weighted by Crippen LogP contribution is -2.69. The molecule has 3 N–H and O–H groups in total. The molecule has 6 nitrogen and oxygen atoms in total. The largest absolute Gasteiger partial charge is 0.356 e. The Hall–Kier alpha value is -1.83. The number of thioether (sulfide) groups is 1. The molecule has 2 amide bonds. The molecule has 2 fully saturated rings. The SMILES string of the molecule is CCCNC(=O)C1CCCN(C2NC(=O)C3SC=C(c4ccccc4C)C3N2)C1. The van der Waals surface area contributed by atoms with Gasteiger partial charge >= 0.3 is 0 Å². The maximum Gasteiger partial charge on any atom is 0.237 e. The normalized spacial score (nSPS) is 29.7. The molecule has 0 spiro atoms. The first-order chi connectivity index (χ1) is 14.1. The molecule has 0 radical (unpaired) electrons. The van der Waals surface area contributed by atoms with Gasteiger partial charge in [0.15, 0.2) is 0 Å². The Labute approximate surface area is 176 Å². The monoisotopic (exact) mass is 414 g/mol. The van der Waals surface area contributed by atoms with E-state index in [1.54, 1.807) is 11.8 Å². The molecule has 7 heteroatoms. The maximum atomic E-state index is 12.8. The van der Waals surface area contributed by atoms with Gasteiger partial charge in [-0.15, -0.1) is 11.8 Å². The van der Waals surface area contributed by atoms with Crippen molar-refractivity contribution < 1.29 is 9.59 Å². The van der Waals surface area contributed by atoms with E-state index in [2.05, 4.69) is 52.2 Å². The van der Waals surface area contributed by atoms with Crippen molar-refractivity contribution in [1.29, 1.82) is 0 Å². The number of carbonyl (C=O) groups excluding carboxylic acids is 2. The van der Waals surface area contributed by atoms with Gasteiger partial charge in [-0.25, -0.2) is 0 Å². The molecule has 3 aliphatic heterocycles. The molecular formula is C22H30N4O2S. The molecule has 0 saturated carbocycles. The highest BCUT2D eigenvalue weighted by Gasteiger charge is 2.44. The molecule has 3 heterocycles. The van der Waals surface area contributed by atoms with E-state index in [1.165, 1.54) is 16.7 Å². The minimum Gasteiger partial charge on any atom is -0.356 e. The van der Waals surface area contributed by atoms with E-state index < -0.39 is 0 Å². The van der Waals surface area contributed by atoms with E-state index in [0.717, 1.165) is 32.4 Å². The molecule has 1 aromatic rings. The average molecular weight is 415 g/mol. The summed E-state index contributed by atoms with van der Waals surface area (Å²) in [6, 6.07) is 8.31. The van der Waals surface area contributed by atoms with E-state index >= 15 is 0 Å². The lowest BCUT2D eigenvalue weighted by molar-refractivity contribution is -0.129. The summed E-state index contributed by atoms with van der Waals surface area (Å²) < 4.78 is 0. The molecule has 0 aliphatic carbocycles. The van der Waals surface area contributed by atoms with Crippen molar-refractivity contribution in [1.82, 2.24) is 20.9 Å². The van der Waals surface area contributed by atoms with Crippen molar-refractivity contribution in [3.8, 4) is 0 Å². The quantitative estimate of drug-likeness (QED) is 0.688. The molecular weight excluding hydrogens is 384 g/mol. The molecule has 29 heavy (non-hydrogen) atoms. The Morgan fingerprint density at radius 2 is 2.17 bits per heavy atom. The number of aryl methyl sites for hydroxylation is 1. The van der Waals surface area contributed by atoms with Gasteiger partial charge in [0.1, 0.15) is 11.5 Å². The van der Waals surface area contributed by atoms with Crippen LogP contribution in [0.25, 0.3) is 5.57 Å². The number of hydrogen-bond donors (Lipinski definition) is 3. The predicted molar refractivity (Wildman–Crippen MR) is 117 cm³/mol. The first kappa shape index (κ1) is 20.4. The van der Waals surface area contributed by atoms with Crippen LogP contribution in [0, 0.1) is 12.8 Å². The molecule has 156 valence electrons. The zero-order valence-electron chi connectivity index (χ0n) is 17.1. The van der Waals surface area contributed by atoms with Crippen LogP contribution < -0.4 is 16.0 Å². The summed E-state index contributed by atoms with van der Waals surface area (Å²) in [4.78, 5) is 27.5. The topological polar surface area (TPSA) is 73.5 Å². The Balaban J connectivity index is 1.47. The van der Waals surface area contributed by atoms with Gasteiger partial charge in [-0.3, -0.25) is 19.8 Å². The Morgan fingerprint density at radius 3 is 2.97 bits per heavy atom. The number of hydrogen-bond acceptors (Lipinski definition) is 5. The zero-order valence-corrected chi connectivity index (χ0v) is 17.9. The summed E-state index contributed by atoms with van der Waals surface area (Å²) in [5.74, 6) is 0.186. The second-order valence-corrected chi connectivity index (χ2v) is 9.14. The fraction of sp³-hybridized carbons (Fsp3) is 0.545. The number of benzene rings is 1. The Morgan fingerprint density at radius 1 is 1.34 bits per heavy atom. The van der Waals surface area contributed by atoms with Gasteiger partial charge in [0.05, 0.1) is 12.0 Å². The van der Waals surface area contributed by atoms with Crippen LogP contribution in [0.5, 0.6) is 0 Å².